The van der Waals surface area contributed by atoms with E-state index in [4.69, 9.17) is 16.3 Å². The van der Waals surface area contributed by atoms with Gasteiger partial charge in [0.2, 0.25) is 5.91 Å². The molecular formula is C12H16ClNO2. The summed E-state index contributed by atoms with van der Waals surface area (Å²) in [6.07, 6.45) is 0. The van der Waals surface area contributed by atoms with E-state index >= 15 is 0 Å². The molecule has 4 heteroatoms. The number of rotatable bonds is 6. The number of hydrogen-bond acceptors (Lipinski definition) is 2. The van der Waals surface area contributed by atoms with Gasteiger partial charge in [-0.15, -0.1) is 11.6 Å². The van der Waals surface area contributed by atoms with Gasteiger partial charge >= 0.3 is 0 Å². The van der Waals surface area contributed by atoms with Crippen molar-refractivity contribution < 1.29 is 9.53 Å². The van der Waals surface area contributed by atoms with Crippen molar-refractivity contribution in [2.45, 2.75) is 20.1 Å². The Morgan fingerprint density at radius 2 is 2.06 bits per heavy atom. The summed E-state index contributed by atoms with van der Waals surface area (Å²) in [5, 5.41) is 2.74. The normalized spacial score (nSPS) is 10.1. The molecule has 3 nitrogen and oxygen atoms in total. The molecule has 0 aromatic heterocycles. The number of hydrogen-bond donors (Lipinski definition) is 1. The molecule has 16 heavy (non-hydrogen) atoms. The highest BCUT2D eigenvalue weighted by Gasteiger charge is 2.03. The zero-order valence-electron chi connectivity index (χ0n) is 9.33. The van der Waals surface area contributed by atoms with Gasteiger partial charge in [-0.05, 0) is 18.1 Å². The molecule has 0 aliphatic carbocycles. The molecule has 0 unspecified atom stereocenters. The monoisotopic (exact) mass is 241 g/mol. The molecule has 0 saturated heterocycles. The van der Waals surface area contributed by atoms with Crippen LogP contribution in [0.3, 0.4) is 0 Å². The Bertz CT molecular complexity index is 342. The first-order valence-electron chi connectivity index (χ1n) is 5.25. The minimum absolute atomic E-state index is 0.00632. The van der Waals surface area contributed by atoms with Gasteiger partial charge in [0, 0.05) is 13.2 Å². The van der Waals surface area contributed by atoms with Crippen LogP contribution in [0, 0.1) is 0 Å². The molecule has 0 bridgehead atoms. The van der Waals surface area contributed by atoms with Crippen molar-refractivity contribution in [2.75, 3.05) is 12.5 Å². The molecule has 0 atom stereocenters. The van der Waals surface area contributed by atoms with Gasteiger partial charge in [-0.2, -0.15) is 0 Å². The number of carbonyl (C=O) groups excluding carboxylic acids is 1. The van der Waals surface area contributed by atoms with Crippen molar-refractivity contribution in [3.05, 3.63) is 35.4 Å². The number of amides is 1. The predicted octanol–water partition coefficient (Wildman–Crippen LogP) is 2.08. The van der Waals surface area contributed by atoms with Crippen LogP contribution in [0.5, 0.6) is 0 Å². The number of benzene rings is 1. The lowest BCUT2D eigenvalue weighted by Crippen LogP contribution is -2.24. The molecule has 1 N–H and O–H groups in total. The van der Waals surface area contributed by atoms with Crippen LogP contribution in [-0.4, -0.2) is 18.4 Å². The molecule has 0 aliphatic rings. The lowest BCUT2D eigenvalue weighted by atomic mass is 10.1. The number of nitrogens with one attached hydrogen (secondary N) is 1. The second kappa shape index (κ2) is 7.25. The Morgan fingerprint density at radius 3 is 2.69 bits per heavy atom. The molecule has 0 aliphatic heterocycles. The van der Waals surface area contributed by atoms with E-state index in [1.807, 2.05) is 31.2 Å². The van der Waals surface area contributed by atoms with E-state index in [0.29, 0.717) is 19.8 Å². The molecule has 0 heterocycles. The quantitative estimate of drug-likeness (QED) is 0.775. The van der Waals surface area contributed by atoms with Gasteiger partial charge in [-0.1, -0.05) is 24.3 Å². The van der Waals surface area contributed by atoms with Crippen LogP contribution < -0.4 is 5.32 Å². The molecule has 0 radical (unpaired) electrons. The Balaban J connectivity index is 2.59. The van der Waals surface area contributed by atoms with Crippen molar-refractivity contribution in [1.29, 1.82) is 0 Å². The van der Waals surface area contributed by atoms with Gasteiger partial charge in [-0.3, -0.25) is 4.79 Å². The molecule has 1 rings (SSSR count). The standard InChI is InChI=1S/C12H16ClNO2/c1-2-16-9-11-6-4-3-5-10(11)8-14-12(15)7-13/h3-6H,2,7-9H2,1H3,(H,14,15). The first-order chi connectivity index (χ1) is 7.77. The van der Waals surface area contributed by atoms with Crippen LogP contribution in [0.2, 0.25) is 0 Å². The summed E-state index contributed by atoms with van der Waals surface area (Å²) in [6.45, 7) is 3.71. The zero-order valence-corrected chi connectivity index (χ0v) is 10.1. The number of halogens is 1. The first-order valence-corrected chi connectivity index (χ1v) is 5.78. The second-order valence-corrected chi connectivity index (χ2v) is 3.58. The second-order valence-electron chi connectivity index (χ2n) is 3.32. The van der Waals surface area contributed by atoms with Crippen molar-refractivity contribution in [1.82, 2.24) is 5.32 Å². The van der Waals surface area contributed by atoms with E-state index in [9.17, 15) is 4.79 Å². The summed E-state index contributed by atoms with van der Waals surface area (Å²) in [6, 6.07) is 7.87. The van der Waals surface area contributed by atoms with Crippen LogP contribution in [0.1, 0.15) is 18.1 Å². The van der Waals surface area contributed by atoms with Crippen molar-refractivity contribution in [3.8, 4) is 0 Å². The molecular weight excluding hydrogens is 226 g/mol. The third-order valence-electron chi connectivity index (χ3n) is 2.18. The van der Waals surface area contributed by atoms with Gasteiger partial charge in [0.25, 0.3) is 0 Å². The van der Waals surface area contributed by atoms with Gasteiger partial charge in [0.1, 0.15) is 5.88 Å². The van der Waals surface area contributed by atoms with Crippen molar-refractivity contribution in [2.24, 2.45) is 0 Å². The van der Waals surface area contributed by atoms with E-state index in [1.165, 1.54) is 0 Å². The van der Waals surface area contributed by atoms with Crippen LogP contribution >= 0.6 is 11.6 Å². The third-order valence-corrected chi connectivity index (χ3v) is 2.42. The highest BCUT2D eigenvalue weighted by Crippen LogP contribution is 2.09. The lowest BCUT2D eigenvalue weighted by molar-refractivity contribution is -0.118. The van der Waals surface area contributed by atoms with Gasteiger partial charge < -0.3 is 10.1 Å². The molecule has 0 fully saturated rings. The fourth-order valence-electron chi connectivity index (χ4n) is 1.32. The minimum Gasteiger partial charge on any atom is -0.377 e. The SMILES string of the molecule is CCOCc1ccccc1CNC(=O)CCl. The Hall–Kier alpha value is -1.06. The summed E-state index contributed by atoms with van der Waals surface area (Å²) in [5.74, 6) is -0.166. The topological polar surface area (TPSA) is 38.3 Å². The van der Waals surface area contributed by atoms with E-state index in [0.717, 1.165) is 11.1 Å². The average Bonchev–Trinajstić information content (AvgIpc) is 2.34. The maximum Gasteiger partial charge on any atom is 0.235 e. The molecule has 88 valence electrons. The minimum atomic E-state index is -0.159. The summed E-state index contributed by atoms with van der Waals surface area (Å²) < 4.78 is 5.35. The molecule has 1 aromatic rings. The van der Waals surface area contributed by atoms with E-state index in [1.54, 1.807) is 0 Å². The fourth-order valence-corrected chi connectivity index (χ4v) is 1.42. The summed E-state index contributed by atoms with van der Waals surface area (Å²) in [7, 11) is 0. The summed E-state index contributed by atoms with van der Waals surface area (Å²) in [4.78, 5) is 11.0. The van der Waals surface area contributed by atoms with Gasteiger partial charge in [-0.25, -0.2) is 0 Å². The number of alkyl halides is 1. The van der Waals surface area contributed by atoms with Crippen LogP contribution in [0.25, 0.3) is 0 Å². The Kier molecular flexibility index (Phi) is 5.90. The summed E-state index contributed by atoms with van der Waals surface area (Å²) in [5.41, 5.74) is 2.16. The highest BCUT2D eigenvalue weighted by atomic mass is 35.5. The van der Waals surface area contributed by atoms with Crippen molar-refractivity contribution in [3.63, 3.8) is 0 Å². The predicted molar refractivity (Wildman–Crippen MR) is 64.3 cm³/mol. The molecule has 1 aromatic carbocycles. The third kappa shape index (κ3) is 4.21. The van der Waals surface area contributed by atoms with Crippen LogP contribution in [-0.2, 0) is 22.7 Å². The van der Waals surface area contributed by atoms with E-state index in [2.05, 4.69) is 5.32 Å². The fraction of sp³-hybridized carbons (Fsp3) is 0.417. The first kappa shape index (κ1) is 13.0. The largest absolute Gasteiger partial charge is 0.377 e. The maximum absolute atomic E-state index is 11.0. The Morgan fingerprint density at radius 1 is 1.38 bits per heavy atom. The maximum atomic E-state index is 11.0. The molecule has 1 amide bonds. The smallest absolute Gasteiger partial charge is 0.235 e. The number of ether oxygens (including phenoxy) is 1. The lowest BCUT2D eigenvalue weighted by Gasteiger charge is -2.09. The number of carbonyl (C=O) groups is 1. The average molecular weight is 242 g/mol. The zero-order chi connectivity index (χ0) is 11.8. The van der Waals surface area contributed by atoms with Crippen LogP contribution in [0.4, 0.5) is 0 Å². The van der Waals surface area contributed by atoms with Crippen molar-refractivity contribution >= 4 is 17.5 Å². The molecule has 0 spiro atoms. The molecule has 0 saturated carbocycles. The highest BCUT2D eigenvalue weighted by molar-refractivity contribution is 6.27. The van der Waals surface area contributed by atoms with Gasteiger partial charge in [0.05, 0.1) is 6.61 Å². The van der Waals surface area contributed by atoms with Crippen LogP contribution in [0.15, 0.2) is 24.3 Å². The summed E-state index contributed by atoms with van der Waals surface area (Å²) >= 11 is 5.40. The van der Waals surface area contributed by atoms with E-state index in [-0.39, 0.29) is 11.8 Å². The van der Waals surface area contributed by atoms with Gasteiger partial charge in [0.15, 0.2) is 0 Å². The van der Waals surface area contributed by atoms with E-state index < -0.39 is 0 Å². The Labute approximate surface area is 101 Å².